The van der Waals surface area contributed by atoms with Gasteiger partial charge in [-0.1, -0.05) is 46.6 Å². The van der Waals surface area contributed by atoms with E-state index in [1.54, 1.807) is 38.2 Å². The van der Waals surface area contributed by atoms with Gasteiger partial charge in [-0.15, -0.1) is 5.10 Å². The van der Waals surface area contributed by atoms with Crippen LogP contribution in [0.1, 0.15) is 12.5 Å². The Kier molecular flexibility index (Phi) is 7.02. The number of para-hydroxylation sites is 1. The van der Waals surface area contributed by atoms with Crippen molar-refractivity contribution >= 4 is 28.9 Å². The molecular weight excluding hydrogens is 431 g/mol. The minimum absolute atomic E-state index is 0.140. The summed E-state index contributed by atoms with van der Waals surface area (Å²) in [6.07, 6.45) is 0. The van der Waals surface area contributed by atoms with Crippen LogP contribution in [0.2, 0.25) is 10.0 Å². The van der Waals surface area contributed by atoms with Gasteiger partial charge in [-0.3, -0.25) is 0 Å². The van der Waals surface area contributed by atoms with Crippen molar-refractivity contribution in [3.05, 3.63) is 68.6 Å². The number of hydrogen-bond acceptors (Lipinski definition) is 6. The molecule has 30 heavy (non-hydrogen) atoms. The SMILES string of the molecule is COc1nn(C)c(=O)n1-c1ccccc1CO/N=C(\C)COc1cc(Cl)cc(Cl)c1. The van der Waals surface area contributed by atoms with Crippen LogP contribution in [-0.2, 0) is 18.5 Å². The topological polar surface area (TPSA) is 79.9 Å². The van der Waals surface area contributed by atoms with E-state index in [1.165, 1.54) is 16.4 Å². The summed E-state index contributed by atoms with van der Waals surface area (Å²) in [4.78, 5) is 17.9. The highest BCUT2D eigenvalue weighted by molar-refractivity contribution is 6.34. The normalized spacial score (nSPS) is 11.4. The Hall–Kier alpha value is -2.97. The minimum atomic E-state index is -0.326. The van der Waals surface area contributed by atoms with E-state index in [4.69, 9.17) is 37.5 Å². The van der Waals surface area contributed by atoms with Crippen LogP contribution in [-0.4, -0.2) is 33.8 Å². The molecule has 0 aliphatic heterocycles. The summed E-state index contributed by atoms with van der Waals surface area (Å²) < 4.78 is 13.4. The maximum absolute atomic E-state index is 12.4. The van der Waals surface area contributed by atoms with Gasteiger partial charge < -0.3 is 14.3 Å². The number of halogens is 2. The lowest BCUT2D eigenvalue weighted by Crippen LogP contribution is -2.22. The molecule has 0 spiro atoms. The molecule has 0 atom stereocenters. The minimum Gasteiger partial charge on any atom is -0.487 e. The Bertz CT molecular complexity index is 1100. The van der Waals surface area contributed by atoms with Gasteiger partial charge in [-0.25, -0.2) is 14.0 Å². The number of ether oxygens (including phenoxy) is 2. The van der Waals surface area contributed by atoms with Gasteiger partial charge >= 0.3 is 11.7 Å². The summed E-state index contributed by atoms with van der Waals surface area (Å²) in [6.45, 7) is 2.11. The Labute approximate surface area is 183 Å². The lowest BCUT2D eigenvalue weighted by Gasteiger charge is -2.10. The molecule has 0 bridgehead atoms. The number of aromatic nitrogens is 3. The quantitative estimate of drug-likeness (QED) is 0.384. The summed E-state index contributed by atoms with van der Waals surface area (Å²) in [6, 6.07) is 12.4. The van der Waals surface area contributed by atoms with Crippen molar-refractivity contribution < 1.29 is 14.3 Å². The zero-order valence-electron chi connectivity index (χ0n) is 16.6. The molecule has 8 nitrogen and oxygen atoms in total. The van der Waals surface area contributed by atoms with Crippen molar-refractivity contribution in [1.29, 1.82) is 0 Å². The van der Waals surface area contributed by atoms with E-state index in [9.17, 15) is 4.79 Å². The summed E-state index contributed by atoms with van der Waals surface area (Å²) in [5.41, 5.74) is 1.63. The van der Waals surface area contributed by atoms with E-state index in [2.05, 4.69) is 10.3 Å². The van der Waals surface area contributed by atoms with Gasteiger partial charge in [0.2, 0.25) is 0 Å². The van der Waals surface area contributed by atoms with Gasteiger partial charge in [0, 0.05) is 22.7 Å². The molecule has 1 aromatic heterocycles. The fraction of sp³-hybridized carbons (Fsp3) is 0.250. The first kappa shape index (κ1) is 21.7. The molecular formula is C20H20Cl2N4O4. The average Bonchev–Trinajstić information content (AvgIpc) is 3.00. The molecule has 0 amide bonds. The third-order valence-corrected chi connectivity index (χ3v) is 4.47. The number of methoxy groups -OCH3 is 1. The van der Waals surface area contributed by atoms with Gasteiger partial charge in [0.25, 0.3) is 0 Å². The number of benzene rings is 2. The molecule has 0 fully saturated rings. The first-order valence-corrected chi connectivity index (χ1v) is 9.67. The van der Waals surface area contributed by atoms with Crippen LogP contribution in [0.25, 0.3) is 5.69 Å². The molecule has 158 valence electrons. The number of rotatable bonds is 8. The Morgan fingerprint density at radius 1 is 1.17 bits per heavy atom. The summed E-state index contributed by atoms with van der Waals surface area (Å²) in [5, 5.41) is 9.11. The first-order chi connectivity index (χ1) is 14.4. The second kappa shape index (κ2) is 9.69. The van der Waals surface area contributed by atoms with Crippen molar-refractivity contribution in [3.63, 3.8) is 0 Å². The molecule has 0 aliphatic carbocycles. The monoisotopic (exact) mass is 450 g/mol. The maximum atomic E-state index is 12.4. The Morgan fingerprint density at radius 3 is 2.57 bits per heavy atom. The number of hydrogen-bond donors (Lipinski definition) is 0. The molecule has 0 unspecified atom stereocenters. The third-order valence-electron chi connectivity index (χ3n) is 4.03. The van der Waals surface area contributed by atoms with Crippen molar-refractivity contribution in [2.75, 3.05) is 13.7 Å². The highest BCUT2D eigenvalue weighted by Gasteiger charge is 2.16. The number of aryl methyl sites for hydroxylation is 1. The standard InChI is InChI=1S/C20H20Cl2N4O4/c1-13(11-29-17-9-15(21)8-16(22)10-17)24-30-12-14-6-4-5-7-18(14)26-19(28-3)23-25(2)20(26)27/h4-10H,11-12H2,1-3H3/b24-13+. The van der Waals surface area contributed by atoms with E-state index in [0.717, 1.165) is 5.56 Å². The van der Waals surface area contributed by atoms with Crippen LogP contribution in [0.5, 0.6) is 11.8 Å². The summed E-state index contributed by atoms with van der Waals surface area (Å²) in [7, 11) is 3.01. The lowest BCUT2D eigenvalue weighted by molar-refractivity contribution is 0.128. The van der Waals surface area contributed by atoms with Gasteiger partial charge in [0.05, 0.1) is 18.5 Å². The van der Waals surface area contributed by atoms with Crippen LogP contribution in [0.15, 0.2) is 52.4 Å². The third kappa shape index (κ3) is 5.14. The zero-order valence-corrected chi connectivity index (χ0v) is 18.1. The van der Waals surface area contributed by atoms with Crippen LogP contribution >= 0.6 is 23.2 Å². The van der Waals surface area contributed by atoms with Crippen molar-refractivity contribution in [2.45, 2.75) is 13.5 Å². The summed E-state index contributed by atoms with van der Waals surface area (Å²) in [5.74, 6) is 0.537. The smallest absolute Gasteiger partial charge is 0.353 e. The molecule has 0 aliphatic rings. The molecule has 0 radical (unpaired) electrons. The molecule has 3 aromatic rings. The predicted molar refractivity (Wildman–Crippen MR) is 115 cm³/mol. The Morgan fingerprint density at radius 2 is 1.87 bits per heavy atom. The molecule has 0 saturated carbocycles. The van der Waals surface area contributed by atoms with Gasteiger partial charge in [-0.2, -0.15) is 0 Å². The zero-order chi connectivity index (χ0) is 21.7. The fourth-order valence-corrected chi connectivity index (χ4v) is 3.18. The van der Waals surface area contributed by atoms with Gasteiger partial charge in [0.15, 0.2) is 0 Å². The first-order valence-electron chi connectivity index (χ1n) is 8.91. The van der Waals surface area contributed by atoms with E-state index in [-0.39, 0.29) is 24.9 Å². The maximum Gasteiger partial charge on any atom is 0.353 e. The largest absolute Gasteiger partial charge is 0.487 e. The molecule has 0 saturated heterocycles. The van der Waals surface area contributed by atoms with Crippen LogP contribution in [0.4, 0.5) is 0 Å². The number of nitrogens with zero attached hydrogens (tertiary/aromatic N) is 4. The second-order valence-corrected chi connectivity index (χ2v) is 7.22. The van der Waals surface area contributed by atoms with Gasteiger partial charge in [0.1, 0.15) is 19.0 Å². The molecule has 1 heterocycles. The van der Waals surface area contributed by atoms with Gasteiger partial charge in [-0.05, 0) is 31.2 Å². The fourth-order valence-electron chi connectivity index (χ4n) is 2.67. The predicted octanol–water partition coefficient (Wildman–Crippen LogP) is 3.86. The van der Waals surface area contributed by atoms with Crippen LogP contribution in [0, 0.1) is 0 Å². The lowest BCUT2D eigenvalue weighted by atomic mass is 10.2. The highest BCUT2D eigenvalue weighted by atomic mass is 35.5. The van der Waals surface area contributed by atoms with Crippen LogP contribution in [0.3, 0.4) is 0 Å². The van der Waals surface area contributed by atoms with E-state index in [1.807, 2.05) is 18.2 Å². The highest BCUT2D eigenvalue weighted by Crippen LogP contribution is 2.24. The Balaban J connectivity index is 1.69. The van der Waals surface area contributed by atoms with E-state index < -0.39 is 0 Å². The van der Waals surface area contributed by atoms with Crippen molar-refractivity contribution in [2.24, 2.45) is 12.2 Å². The molecule has 3 rings (SSSR count). The van der Waals surface area contributed by atoms with Crippen molar-refractivity contribution in [3.8, 4) is 17.4 Å². The second-order valence-electron chi connectivity index (χ2n) is 6.35. The molecule has 10 heteroatoms. The molecule has 2 aromatic carbocycles. The van der Waals surface area contributed by atoms with E-state index in [0.29, 0.717) is 27.2 Å². The van der Waals surface area contributed by atoms with Crippen molar-refractivity contribution in [1.82, 2.24) is 14.3 Å². The average molecular weight is 451 g/mol. The number of oxime groups is 1. The summed E-state index contributed by atoms with van der Waals surface area (Å²) >= 11 is 11.9. The molecule has 0 N–H and O–H groups in total. The van der Waals surface area contributed by atoms with Crippen LogP contribution < -0.4 is 15.2 Å². The van der Waals surface area contributed by atoms with E-state index >= 15 is 0 Å².